The molecule has 3 nitrogen and oxygen atoms in total. The number of carbonyl (C=O) groups excluding carboxylic acids is 1. The summed E-state index contributed by atoms with van der Waals surface area (Å²) in [5.74, 6) is -0.255. The van der Waals surface area contributed by atoms with Gasteiger partial charge in [0.15, 0.2) is 0 Å². The third kappa shape index (κ3) is 17.0. The first kappa shape index (κ1) is 22.6. The van der Waals surface area contributed by atoms with Crippen molar-refractivity contribution >= 4 is 5.97 Å². The highest BCUT2D eigenvalue weighted by molar-refractivity contribution is 5.65. The molecule has 0 spiro atoms. The minimum Gasteiger partial charge on any atom is -0.463 e. The van der Waals surface area contributed by atoms with E-state index in [0.717, 1.165) is 0 Å². The molecule has 0 fully saturated rings. The monoisotopic (exact) mass is 336 g/mol. The van der Waals surface area contributed by atoms with Crippen molar-refractivity contribution in [3.8, 4) is 0 Å². The van der Waals surface area contributed by atoms with Crippen LogP contribution in [0.25, 0.3) is 0 Å². The Bertz CT molecular complexity index is 376. The number of ether oxygens (including phenoxy) is 2. The van der Waals surface area contributed by atoms with Gasteiger partial charge in [0.05, 0.1) is 6.61 Å². The molecule has 0 amide bonds. The SMILES string of the molecule is CCCCCCCCCc1ccccc1.CCOCCOC(C)=O. The molecule has 1 rings (SSSR count). The normalized spacial score (nSPS) is 9.96. The number of unbranched alkanes of at least 4 members (excludes halogenated alkanes) is 6. The zero-order chi connectivity index (χ0) is 17.9. The average molecular weight is 337 g/mol. The van der Waals surface area contributed by atoms with Gasteiger partial charge in [-0.2, -0.15) is 0 Å². The fourth-order valence-electron chi connectivity index (χ4n) is 2.32. The van der Waals surface area contributed by atoms with E-state index >= 15 is 0 Å². The molecule has 0 aliphatic heterocycles. The van der Waals surface area contributed by atoms with Gasteiger partial charge in [0, 0.05) is 13.5 Å². The lowest BCUT2D eigenvalue weighted by molar-refractivity contribution is -0.142. The van der Waals surface area contributed by atoms with Crippen LogP contribution in [0.15, 0.2) is 30.3 Å². The van der Waals surface area contributed by atoms with E-state index in [2.05, 4.69) is 42.0 Å². The first-order valence-electron chi connectivity index (χ1n) is 9.45. The maximum atomic E-state index is 10.1. The quantitative estimate of drug-likeness (QED) is 0.370. The minimum atomic E-state index is -0.255. The lowest BCUT2D eigenvalue weighted by Crippen LogP contribution is -2.06. The smallest absolute Gasteiger partial charge is 0.302 e. The van der Waals surface area contributed by atoms with Gasteiger partial charge < -0.3 is 9.47 Å². The number of carbonyl (C=O) groups is 1. The highest BCUT2D eigenvalue weighted by atomic mass is 16.6. The third-order valence-corrected chi connectivity index (χ3v) is 3.65. The molecule has 1 aromatic carbocycles. The van der Waals surface area contributed by atoms with E-state index in [1.54, 1.807) is 0 Å². The molecular weight excluding hydrogens is 300 g/mol. The maximum absolute atomic E-state index is 10.1. The molecule has 3 heteroatoms. The van der Waals surface area contributed by atoms with Crippen molar-refractivity contribution in [3.05, 3.63) is 35.9 Å². The van der Waals surface area contributed by atoms with Crippen LogP contribution in [0.3, 0.4) is 0 Å². The number of aryl methyl sites for hydroxylation is 1. The van der Waals surface area contributed by atoms with Crippen LogP contribution in [-0.4, -0.2) is 25.8 Å². The number of benzene rings is 1. The van der Waals surface area contributed by atoms with Gasteiger partial charge in [0.2, 0.25) is 0 Å². The van der Waals surface area contributed by atoms with Crippen molar-refractivity contribution in [2.45, 2.75) is 72.1 Å². The molecular formula is C21H36O3. The van der Waals surface area contributed by atoms with Crippen molar-refractivity contribution < 1.29 is 14.3 Å². The van der Waals surface area contributed by atoms with Crippen LogP contribution in [0.1, 0.15) is 71.3 Å². The Hall–Kier alpha value is -1.35. The second-order valence-corrected chi connectivity index (χ2v) is 5.89. The first-order valence-corrected chi connectivity index (χ1v) is 9.45. The summed E-state index contributed by atoms with van der Waals surface area (Å²) in [6, 6.07) is 10.8. The van der Waals surface area contributed by atoms with Gasteiger partial charge >= 0.3 is 5.97 Å². The molecule has 0 radical (unpaired) electrons. The Morgan fingerprint density at radius 2 is 1.50 bits per heavy atom. The Labute approximate surface area is 148 Å². The van der Waals surface area contributed by atoms with E-state index in [1.165, 1.54) is 63.9 Å². The molecule has 0 aliphatic carbocycles. The molecule has 0 aromatic heterocycles. The number of esters is 1. The Morgan fingerprint density at radius 1 is 0.875 bits per heavy atom. The van der Waals surface area contributed by atoms with E-state index < -0.39 is 0 Å². The molecule has 138 valence electrons. The zero-order valence-electron chi connectivity index (χ0n) is 15.9. The van der Waals surface area contributed by atoms with Gasteiger partial charge in [-0.1, -0.05) is 75.8 Å². The van der Waals surface area contributed by atoms with E-state index in [4.69, 9.17) is 4.74 Å². The molecule has 1 aromatic rings. The van der Waals surface area contributed by atoms with Gasteiger partial charge in [-0.3, -0.25) is 4.79 Å². The average Bonchev–Trinajstić information content (AvgIpc) is 2.59. The molecule has 24 heavy (non-hydrogen) atoms. The number of hydrogen-bond acceptors (Lipinski definition) is 3. The van der Waals surface area contributed by atoms with Crippen LogP contribution in [0.4, 0.5) is 0 Å². The van der Waals surface area contributed by atoms with E-state index in [1.807, 2.05) is 6.92 Å². The van der Waals surface area contributed by atoms with Crippen molar-refractivity contribution in [1.82, 2.24) is 0 Å². The molecule has 0 saturated heterocycles. The van der Waals surface area contributed by atoms with E-state index in [0.29, 0.717) is 19.8 Å². The summed E-state index contributed by atoms with van der Waals surface area (Å²) in [4.78, 5) is 10.1. The van der Waals surface area contributed by atoms with E-state index in [-0.39, 0.29) is 5.97 Å². The van der Waals surface area contributed by atoms with Crippen LogP contribution in [-0.2, 0) is 20.7 Å². The van der Waals surface area contributed by atoms with Crippen molar-refractivity contribution in [2.75, 3.05) is 19.8 Å². The molecule has 0 saturated carbocycles. The second kappa shape index (κ2) is 18.0. The third-order valence-electron chi connectivity index (χ3n) is 3.65. The highest BCUT2D eigenvalue weighted by Gasteiger charge is 1.93. The molecule has 0 unspecified atom stereocenters. The lowest BCUT2D eigenvalue weighted by atomic mass is 10.0. The van der Waals surface area contributed by atoms with Gasteiger partial charge in [0.25, 0.3) is 0 Å². The summed E-state index contributed by atoms with van der Waals surface area (Å²) in [6.07, 6.45) is 11.1. The Balaban J connectivity index is 0.000000506. The topological polar surface area (TPSA) is 35.5 Å². The van der Waals surface area contributed by atoms with Crippen LogP contribution >= 0.6 is 0 Å². The fraction of sp³-hybridized carbons (Fsp3) is 0.667. The Kier molecular flexibility index (Phi) is 17.0. The van der Waals surface area contributed by atoms with Crippen molar-refractivity contribution in [3.63, 3.8) is 0 Å². The van der Waals surface area contributed by atoms with Crippen molar-refractivity contribution in [2.24, 2.45) is 0 Å². The predicted octanol–water partition coefficient (Wildman–Crippen LogP) is 5.57. The zero-order valence-corrected chi connectivity index (χ0v) is 15.9. The lowest BCUT2D eigenvalue weighted by Gasteiger charge is -2.01. The van der Waals surface area contributed by atoms with Crippen LogP contribution in [0.2, 0.25) is 0 Å². The largest absolute Gasteiger partial charge is 0.463 e. The number of rotatable bonds is 12. The second-order valence-electron chi connectivity index (χ2n) is 5.89. The molecule has 0 atom stereocenters. The summed E-state index contributed by atoms with van der Waals surface area (Å²) in [5.41, 5.74) is 1.49. The molecule has 0 heterocycles. The van der Waals surface area contributed by atoms with Gasteiger partial charge in [-0.15, -0.1) is 0 Å². The summed E-state index contributed by atoms with van der Waals surface area (Å²) in [5, 5.41) is 0. The fourth-order valence-corrected chi connectivity index (χ4v) is 2.32. The summed E-state index contributed by atoms with van der Waals surface area (Å²) in [6.45, 7) is 7.08. The molecule has 0 N–H and O–H groups in total. The summed E-state index contributed by atoms with van der Waals surface area (Å²) < 4.78 is 9.49. The first-order chi connectivity index (χ1) is 11.7. The maximum Gasteiger partial charge on any atom is 0.302 e. The number of hydrogen-bond donors (Lipinski definition) is 0. The highest BCUT2D eigenvalue weighted by Crippen LogP contribution is 2.10. The Morgan fingerprint density at radius 3 is 2.08 bits per heavy atom. The molecule has 0 bridgehead atoms. The van der Waals surface area contributed by atoms with Crippen LogP contribution in [0, 0.1) is 0 Å². The molecule has 0 aliphatic rings. The van der Waals surface area contributed by atoms with Gasteiger partial charge in [-0.05, 0) is 25.3 Å². The van der Waals surface area contributed by atoms with E-state index in [9.17, 15) is 4.79 Å². The summed E-state index contributed by atoms with van der Waals surface area (Å²) in [7, 11) is 0. The van der Waals surface area contributed by atoms with Gasteiger partial charge in [0.1, 0.15) is 6.61 Å². The van der Waals surface area contributed by atoms with Crippen LogP contribution in [0.5, 0.6) is 0 Å². The summed E-state index contributed by atoms with van der Waals surface area (Å²) >= 11 is 0. The van der Waals surface area contributed by atoms with Crippen molar-refractivity contribution in [1.29, 1.82) is 0 Å². The minimum absolute atomic E-state index is 0.255. The van der Waals surface area contributed by atoms with Gasteiger partial charge in [-0.25, -0.2) is 0 Å². The van der Waals surface area contributed by atoms with Crippen LogP contribution < -0.4 is 0 Å². The standard InChI is InChI=1S/C15H24.C6H12O3/c1-2-3-4-5-6-7-9-12-15-13-10-8-11-14-15;1-3-8-4-5-9-6(2)7/h8,10-11,13-14H,2-7,9,12H2,1H3;3-5H2,1-2H3. The predicted molar refractivity (Wildman–Crippen MR) is 101 cm³/mol.